The summed E-state index contributed by atoms with van der Waals surface area (Å²) in [6.45, 7) is 0. The molecule has 1 rings (SSSR count). The summed E-state index contributed by atoms with van der Waals surface area (Å²) in [5, 5.41) is 0. The van der Waals surface area contributed by atoms with Crippen molar-refractivity contribution in [3.63, 3.8) is 0 Å². The molecule has 0 radical (unpaired) electrons. The molecule has 0 bridgehead atoms. The molecular formula is C10H8F3IN2O3. The van der Waals surface area contributed by atoms with Gasteiger partial charge in [-0.05, 0) is 40.8 Å². The van der Waals surface area contributed by atoms with Crippen LogP contribution in [0.5, 0.6) is 5.75 Å². The Morgan fingerprint density at radius 3 is 2.37 bits per heavy atom. The third-order valence-corrected chi connectivity index (χ3v) is 2.80. The van der Waals surface area contributed by atoms with Gasteiger partial charge in [0.05, 0.1) is 10.7 Å². The maximum Gasteiger partial charge on any atom is 0.472 e. The fourth-order valence-electron chi connectivity index (χ4n) is 1.06. The lowest BCUT2D eigenvalue weighted by molar-refractivity contribution is -0.174. The highest BCUT2D eigenvalue weighted by atomic mass is 127. The van der Waals surface area contributed by atoms with Crippen LogP contribution in [0.25, 0.3) is 0 Å². The number of methoxy groups -OCH3 is 1. The molecule has 0 saturated heterocycles. The van der Waals surface area contributed by atoms with Crippen LogP contribution in [0.15, 0.2) is 18.2 Å². The van der Waals surface area contributed by atoms with Crippen LogP contribution < -0.4 is 15.6 Å². The topological polar surface area (TPSA) is 67.4 Å². The number of hydrogen-bond acceptors (Lipinski definition) is 3. The summed E-state index contributed by atoms with van der Waals surface area (Å²) in [6, 6.07) is 4.26. The molecule has 0 aliphatic heterocycles. The van der Waals surface area contributed by atoms with Crippen molar-refractivity contribution in [1.29, 1.82) is 0 Å². The molecule has 1 aromatic carbocycles. The van der Waals surface area contributed by atoms with Gasteiger partial charge in [-0.1, -0.05) is 0 Å². The van der Waals surface area contributed by atoms with Gasteiger partial charge in [-0.25, -0.2) is 0 Å². The van der Waals surface area contributed by atoms with E-state index < -0.39 is 18.0 Å². The van der Waals surface area contributed by atoms with Crippen LogP contribution in [-0.2, 0) is 4.79 Å². The smallest absolute Gasteiger partial charge is 0.472 e. The summed E-state index contributed by atoms with van der Waals surface area (Å²) in [5.41, 5.74) is 3.03. The number of carbonyl (C=O) groups is 2. The van der Waals surface area contributed by atoms with E-state index in [1.807, 2.05) is 22.6 Å². The number of hydrazine groups is 1. The van der Waals surface area contributed by atoms with Gasteiger partial charge in [-0.15, -0.1) is 0 Å². The van der Waals surface area contributed by atoms with Gasteiger partial charge in [-0.2, -0.15) is 13.2 Å². The lowest BCUT2D eigenvalue weighted by Gasteiger charge is -2.10. The minimum absolute atomic E-state index is 0.0904. The monoisotopic (exact) mass is 388 g/mol. The number of hydrogen-bond donors (Lipinski definition) is 2. The summed E-state index contributed by atoms with van der Waals surface area (Å²) < 4.78 is 41.2. The first-order chi connectivity index (χ1) is 8.75. The van der Waals surface area contributed by atoms with Crippen molar-refractivity contribution in [3.8, 4) is 5.75 Å². The van der Waals surface area contributed by atoms with Gasteiger partial charge in [0, 0.05) is 5.56 Å². The number of rotatable bonds is 2. The molecule has 0 saturated carbocycles. The highest BCUT2D eigenvalue weighted by Gasteiger charge is 2.38. The van der Waals surface area contributed by atoms with Crippen molar-refractivity contribution in [1.82, 2.24) is 10.9 Å². The Morgan fingerprint density at radius 1 is 1.26 bits per heavy atom. The van der Waals surface area contributed by atoms with Crippen molar-refractivity contribution in [3.05, 3.63) is 27.3 Å². The molecule has 0 aliphatic carbocycles. The van der Waals surface area contributed by atoms with E-state index in [1.165, 1.54) is 30.7 Å². The number of halogens is 4. The molecule has 0 fully saturated rings. The first kappa shape index (κ1) is 15.5. The molecule has 1 aromatic rings. The minimum atomic E-state index is -5.05. The van der Waals surface area contributed by atoms with Gasteiger partial charge in [0.2, 0.25) is 0 Å². The van der Waals surface area contributed by atoms with E-state index >= 15 is 0 Å². The first-order valence-corrected chi connectivity index (χ1v) is 5.84. The molecule has 104 valence electrons. The fourth-order valence-corrected chi connectivity index (χ4v) is 1.80. The van der Waals surface area contributed by atoms with Crippen LogP contribution in [0.2, 0.25) is 0 Å². The highest BCUT2D eigenvalue weighted by Crippen LogP contribution is 2.21. The second-order valence-corrected chi connectivity index (χ2v) is 4.42. The zero-order chi connectivity index (χ0) is 14.6. The quantitative estimate of drug-likeness (QED) is 0.598. The number of amides is 2. The minimum Gasteiger partial charge on any atom is -0.496 e. The third kappa shape index (κ3) is 4.26. The molecule has 9 heteroatoms. The Hall–Kier alpha value is -1.52. The lowest BCUT2D eigenvalue weighted by atomic mass is 10.2. The van der Waals surface area contributed by atoms with Gasteiger partial charge < -0.3 is 4.74 Å². The van der Waals surface area contributed by atoms with Crippen LogP contribution in [0, 0.1) is 3.57 Å². The first-order valence-electron chi connectivity index (χ1n) is 4.76. The summed E-state index contributed by atoms with van der Waals surface area (Å²) >= 11 is 1.90. The van der Waals surface area contributed by atoms with E-state index in [1.54, 1.807) is 5.43 Å². The SMILES string of the molecule is COc1ccc(C(=O)NNC(=O)C(F)(F)F)cc1I. The molecule has 0 spiro atoms. The average Bonchev–Trinajstić information content (AvgIpc) is 2.34. The normalized spacial score (nSPS) is 10.8. The molecule has 2 amide bonds. The maximum atomic E-state index is 11.9. The van der Waals surface area contributed by atoms with E-state index in [9.17, 15) is 22.8 Å². The van der Waals surface area contributed by atoms with Gasteiger partial charge in [0.1, 0.15) is 5.75 Å². The fraction of sp³-hybridized carbons (Fsp3) is 0.200. The van der Waals surface area contributed by atoms with Crippen molar-refractivity contribution in [2.45, 2.75) is 6.18 Å². The van der Waals surface area contributed by atoms with E-state index in [2.05, 4.69) is 0 Å². The Kier molecular flexibility index (Phi) is 4.97. The number of benzene rings is 1. The highest BCUT2D eigenvalue weighted by molar-refractivity contribution is 14.1. The zero-order valence-corrected chi connectivity index (χ0v) is 11.6. The van der Waals surface area contributed by atoms with Crippen LogP contribution in [-0.4, -0.2) is 25.1 Å². The van der Waals surface area contributed by atoms with Crippen molar-refractivity contribution in [2.75, 3.05) is 7.11 Å². The van der Waals surface area contributed by atoms with Crippen LogP contribution in [0.3, 0.4) is 0 Å². The number of alkyl halides is 3. The van der Waals surface area contributed by atoms with Crippen molar-refractivity contribution in [2.24, 2.45) is 0 Å². The van der Waals surface area contributed by atoms with Gasteiger partial charge >= 0.3 is 12.1 Å². The molecule has 0 aromatic heterocycles. The predicted molar refractivity (Wildman–Crippen MR) is 67.4 cm³/mol. The molecule has 0 atom stereocenters. The van der Waals surface area contributed by atoms with Crippen molar-refractivity contribution >= 4 is 34.4 Å². The van der Waals surface area contributed by atoms with Gasteiger partial charge in [0.15, 0.2) is 0 Å². The predicted octanol–water partition coefficient (Wildman–Crippen LogP) is 1.62. The molecule has 0 heterocycles. The van der Waals surface area contributed by atoms with E-state index in [0.717, 1.165) is 0 Å². The Labute approximate surface area is 119 Å². The third-order valence-electron chi connectivity index (χ3n) is 1.96. The van der Waals surface area contributed by atoms with Crippen LogP contribution in [0.4, 0.5) is 13.2 Å². The number of nitrogens with one attached hydrogen (secondary N) is 2. The van der Waals surface area contributed by atoms with E-state index in [4.69, 9.17) is 4.74 Å². The summed E-state index contributed by atoms with van der Waals surface area (Å²) in [5.74, 6) is -2.58. The van der Waals surface area contributed by atoms with E-state index in [0.29, 0.717) is 9.32 Å². The van der Waals surface area contributed by atoms with Gasteiger partial charge in [0.25, 0.3) is 5.91 Å². The average molecular weight is 388 g/mol. The number of ether oxygens (including phenoxy) is 1. The van der Waals surface area contributed by atoms with Crippen LogP contribution >= 0.6 is 22.6 Å². The summed E-state index contributed by atoms with van der Waals surface area (Å²) in [7, 11) is 1.45. The Balaban J connectivity index is 2.69. The Bertz CT molecular complexity index is 505. The molecular weight excluding hydrogens is 380 g/mol. The lowest BCUT2D eigenvalue weighted by Crippen LogP contribution is -2.47. The van der Waals surface area contributed by atoms with E-state index in [-0.39, 0.29) is 5.56 Å². The van der Waals surface area contributed by atoms with Crippen LogP contribution in [0.1, 0.15) is 10.4 Å². The summed E-state index contributed by atoms with van der Waals surface area (Å²) in [6.07, 6.45) is -5.05. The number of carbonyl (C=O) groups excluding carboxylic acids is 2. The second kappa shape index (κ2) is 6.08. The van der Waals surface area contributed by atoms with Gasteiger partial charge in [-0.3, -0.25) is 20.4 Å². The molecule has 19 heavy (non-hydrogen) atoms. The second-order valence-electron chi connectivity index (χ2n) is 3.26. The molecule has 0 aliphatic rings. The molecule has 5 nitrogen and oxygen atoms in total. The maximum absolute atomic E-state index is 11.9. The van der Waals surface area contributed by atoms with Crippen molar-refractivity contribution < 1.29 is 27.5 Å². The standard InChI is InChI=1S/C10H8F3IN2O3/c1-19-7-3-2-5(4-6(7)14)8(17)15-16-9(18)10(11,12)13/h2-4H,1H3,(H,15,17)(H,16,18). The molecule has 0 unspecified atom stereocenters. The summed E-state index contributed by atoms with van der Waals surface area (Å²) in [4.78, 5) is 22.0. The Morgan fingerprint density at radius 2 is 1.89 bits per heavy atom. The molecule has 2 N–H and O–H groups in total. The largest absolute Gasteiger partial charge is 0.496 e. The zero-order valence-electron chi connectivity index (χ0n) is 9.47.